The Morgan fingerprint density at radius 3 is 2.94 bits per heavy atom. The Morgan fingerprint density at radius 2 is 2.35 bits per heavy atom. The third kappa shape index (κ3) is 2.42. The highest BCUT2D eigenvalue weighted by Gasteiger charge is 2.14. The van der Waals surface area contributed by atoms with Crippen molar-refractivity contribution in [1.29, 1.82) is 0 Å². The van der Waals surface area contributed by atoms with E-state index in [0.717, 1.165) is 30.1 Å². The summed E-state index contributed by atoms with van der Waals surface area (Å²) in [4.78, 5) is 15.5. The van der Waals surface area contributed by atoms with Gasteiger partial charge in [-0.15, -0.1) is 0 Å². The monoisotopic (exact) mass is 251 g/mol. The number of rotatable bonds is 3. The van der Waals surface area contributed by atoms with E-state index in [0.29, 0.717) is 17.0 Å². The van der Waals surface area contributed by atoms with Crippen LogP contribution < -0.4 is 11.1 Å². The van der Waals surface area contributed by atoms with Crippen LogP contribution in [0.5, 0.6) is 0 Å². The molecule has 0 aliphatic carbocycles. The number of nitrogens with zero attached hydrogens (tertiary/aromatic N) is 1. The summed E-state index contributed by atoms with van der Waals surface area (Å²) >= 11 is 6.12. The molecule has 0 bridgehead atoms. The molecule has 0 unspecified atom stereocenters. The summed E-state index contributed by atoms with van der Waals surface area (Å²) in [5.74, 6) is 0.469. The van der Waals surface area contributed by atoms with E-state index >= 15 is 0 Å². The van der Waals surface area contributed by atoms with E-state index in [4.69, 9.17) is 17.3 Å². The van der Waals surface area contributed by atoms with Gasteiger partial charge in [0.2, 0.25) is 5.91 Å². The lowest BCUT2D eigenvalue weighted by Crippen LogP contribution is -2.21. The van der Waals surface area contributed by atoms with Crippen LogP contribution in [0.25, 0.3) is 0 Å². The van der Waals surface area contributed by atoms with Gasteiger partial charge in [-0.1, -0.05) is 17.7 Å². The van der Waals surface area contributed by atoms with Crippen LogP contribution in [0.4, 0.5) is 0 Å². The highest BCUT2D eigenvalue weighted by Crippen LogP contribution is 2.24. The topological polar surface area (TPSA) is 67.5 Å². The molecule has 0 saturated heterocycles. The molecule has 2 rings (SSSR count). The summed E-state index contributed by atoms with van der Waals surface area (Å²) in [6, 6.07) is 3.55. The molecule has 3 N–H and O–H groups in total. The Balaban J connectivity index is 2.30. The van der Waals surface area contributed by atoms with Gasteiger partial charge in [-0.2, -0.15) is 0 Å². The first-order valence-electron chi connectivity index (χ1n) is 5.44. The average molecular weight is 252 g/mol. The van der Waals surface area contributed by atoms with Crippen molar-refractivity contribution in [3.05, 3.63) is 33.8 Å². The number of carbonyl (C=O) groups is 1. The number of primary amides is 1. The maximum absolute atomic E-state index is 11.1. The van der Waals surface area contributed by atoms with Crippen molar-refractivity contribution >= 4 is 23.3 Å². The largest absolute Gasteiger partial charge is 0.372 e. The first-order chi connectivity index (χ1) is 8.09. The minimum Gasteiger partial charge on any atom is -0.372 e. The van der Waals surface area contributed by atoms with Gasteiger partial charge in [-0.3, -0.25) is 9.79 Å². The SMILES string of the molecule is Cc1c(CC2=NCCN2)ccc(C(N)=O)c1Cl. The Labute approximate surface area is 105 Å². The highest BCUT2D eigenvalue weighted by atomic mass is 35.5. The molecular formula is C12H14ClN3O. The Kier molecular flexibility index (Phi) is 3.33. The summed E-state index contributed by atoms with van der Waals surface area (Å²) in [5, 5.41) is 3.64. The zero-order valence-electron chi connectivity index (χ0n) is 9.59. The molecule has 17 heavy (non-hydrogen) atoms. The Hall–Kier alpha value is -1.55. The predicted molar refractivity (Wildman–Crippen MR) is 68.7 cm³/mol. The number of aliphatic imine (C=N–C) groups is 1. The van der Waals surface area contributed by atoms with E-state index in [9.17, 15) is 4.79 Å². The Morgan fingerprint density at radius 1 is 1.59 bits per heavy atom. The van der Waals surface area contributed by atoms with E-state index in [-0.39, 0.29) is 0 Å². The molecule has 1 aromatic carbocycles. The third-order valence-corrected chi connectivity index (χ3v) is 3.35. The van der Waals surface area contributed by atoms with Gasteiger partial charge in [0, 0.05) is 13.0 Å². The normalized spacial score (nSPS) is 14.4. The summed E-state index contributed by atoms with van der Waals surface area (Å²) in [6.07, 6.45) is 0.713. The molecule has 0 fully saturated rings. The molecule has 90 valence electrons. The molecule has 1 aliphatic rings. The van der Waals surface area contributed by atoms with Crippen LogP contribution in [0, 0.1) is 6.92 Å². The molecule has 0 atom stereocenters. The van der Waals surface area contributed by atoms with Crippen LogP contribution in [0.15, 0.2) is 17.1 Å². The molecule has 0 spiro atoms. The first-order valence-corrected chi connectivity index (χ1v) is 5.82. The number of hydrogen-bond donors (Lipinski definition) is 2. The smallest absolute Gasteiger partial charge is 0.250 e. The van der Waals surface area contributed by atoms with E-state index in [2.05, 4.69) is 10.3 Å². The van der Waals surface area contributed by atoms with Gasteiger partial charge in [0.15, 0.2) is 0 Å². The van der Waals surface area contributed by atoms with Crippen LogP contribution in [-0.2, 0) is 6.42 Å². The molecule has 1 aliphatic heterocycles. The minimum atomic E-state index is -0.499. The minimum absolute atomic E-state index is 0.370. The second kappa shape index (κ2) is 4.75. The van der Waals surface area contributed by atoms with E-state index in [1.54, 1.807) is 6.07 Å². The molecule has 0 saturated carbocycles. The second-order valence-corrected chi connectivity index (χ2v) is 4.39. The van der Waals surface area contributed by atoms with Gasteiger partial charge in [-0.25, -0.2) is 0 Å². The number of benzene rings is 1. The molecule has 1 heterocycles. The standard InChI is InChI=1S/C12H14ClN3O/c1-7-8(6-10-15-4-5-16-10)2-3-9(11(7)13)12(14)17/h2-3H,4-6H2,1H3,(H2,14,17)(H,15,16). The summed E-state index contributed by atoms with van der Waals surface area (Å²) in [7, 11) is 0. The number of nitrogens with two attached hydrogens (primary N) is 1. The zero-order valence-corrected chi connectivity index (χ0v) is 10.3. The number of carbonyl (C=O) groups excluding carboxylic acids is 1. The summed E-state index contributed by atoms with van der Waals surface area (Å²) in [6.45, 7) is 3.60. The van der Waals surface area contributed by atoms with Gasteiger partial charge in [-0.05, 0) is 24.1 Å². The Bertz CT molecular complexity index is 497. The maximum Gasteiger partial charge on any atom is 0.250 e. The molecular weight excluding hydrogens is 238 g/mol. The van der Waals surface area contributed by atoms with Crippen molar-refractivity contribution in [2.24, 2.45) is 10.7 Å². The van der Waals surface area contributed by atoms with Gasteiger partial charge >= 0.3 is 0 Å². The number of nitrogens with one attached hydrogen (secondary N) is 1. The average Bonchev–Trinajstić information content (AvgIpc) is 2.77. The lowest BCUT2D eigenvalue weighted by molar-refractivity contribution is 0.100. The lowest BCUT2D eigenvalue weighted by atomic mass is 10.0. The van der Waals surface area contributed by atoms with Gasteiger partial charge in [0.25, 0.3) is 0 Å². The van der Waals surface area contributed by atoms with Crippen LogP contribution in [-0.4, -0.2) is 24.8 Å². The summed E-state index contributed by atoms with van der Waals surface area (Å²) < 4.78 is 0. The van der Waals surface area contributed by atoms with Crippen molar-refractivity contribution in [3.8, 4) is 0 Å². The fourth-order valence-electron chi connectivity index (χ4n) is 1.85. The molecule has 1 aromatic rings. The van der Waals surface area contributed by atoms with E-state index in [1.165, 1.54) is 0 Å². The van der Waals surface area contributed by atoms with Gasteiger partial charge < -0.3 is 11.1 Å². The van der Waals surface area contributed by atoms with Crippen LogP contribution >= 0.6 is 11.6 Å². The lowest BCUT2D eigenvalue weighted by Gasteiger charge is -2.10. The first kappa shape index (κ1) is 11.9. The molecule has 0 aromatic heterocycles. The van der Waals surface area contributed by atoms with Crippen molar-refractivity contribution in [2.45, 2.75) is 13.3 Å². The third-order valence-electron chi connectivity index (χ3n) is 2.87. The molecule has 0 radical (unpaired) electrons. The predicted octanol–water partition coefficient (Wildman–Crippen LogP) is 1.29. The number of hydrogen-bond acceptors (Lipinski definition) is 3. The van der Waals surface area contributed by atoms with E-state index < -0.39 is 5.91 Å². The quantitative estimate of drug-likeness (QED) is 0.850. The molecule has 5 heteroatoms. The number of halogens is 1. The van der Waals surface area contributed by atoms with Crippen LogP contribution in [0.3, 0.4) is 0 Å². The second-order valence-electron chi connectivity index (χ2n) is 4.01. The highest BCUT2D eigenvalue weighted by molar-refractivity contribution is 6.34. The zero-order chi connectivity index (χ0) is 12.4. The maximum atomic E-state index is 11.1. The fraction of sp³-hybridized carbons (Fsp3) is 0.333. The van der Waals surface area contributed by atoms with Crippen molar-refractivity contribution < 1.29 is 4.79 Å². The van der Waals surface area contributed by atoms with Crippen LogP contribution in [0.1, 0.15) is 21.5 Å². The fourth-order valence-corrected chi connectivity index (χ4v) is 2.13. The van der Waals surface area contributed by atoms with E-state index in [1.807, 2.05) is 13.0 Å². The van der Waals surface area contributed by atoms with Gasteiger partial charge in [0.05, 0.1) is 17.1 Å². The molecule has 4 nitrogen and oxygen atoms in total. The van der Waals surface area contributed by atoms with Crippen molar-refractivity contribution in [3.63, 3.8) is 0 Å². The van der Waals surface area contributed by atoms with Crippen molar-refractivity contribution in [1.82, 2.24) is 5.32 Å². The van der Waals surface area contributed by atoms with Crippen LogP contribution in [0.2, 0.25) is 5.02 Å². The number of amidine groups is 1. The van der Waals surface area contributed by atoms with Gasteiger partial charge in [0.1, 0.15) is 5.84 Å². The number of amides is 1. The van der Waals surface area contributed by atoms with Crippen molar-refractivity contribution in [2.75, 3.05) is 13.1 Å². The summed E-state index contributed by atoms with van der Waals surface area (Å²) in [5.41, 5.74) is 7.56. The molecule has 1 amide bonds.